The first-order chi connectivity index (χ1) is 9.65. The molecule has 0 radical (unpaired) electrons. The zero-order valence-electron chi connectivity index (χ0n) is 12.9. The second kappa shape index (κ2) is 8.60. The van der Waals surface area contributed by atoms with Crippen LogP contribution in [0, 0.1) is 0 Å². The maximum atomic E-state index is 11.0. The number of carbonyl (C=O) groups excluding carboxylic acids is 1. The number of aliphatic hydroxyl groups excluding tert-OH is 1. The molecule has 0 aromatic heterocycles. The van der Waals surface area contributed by atoms with Gasteiger partial charge in [0.25, 0.3) is 0 Å². The summed E-state index contributed by atoms with van der Waals surface area (Å²) in [5.74, 6) is 0. The Balaban J connectivity index is 4.93. The standard InChI is InChI=1S/C10H20O6/c1-13-6-7(12)9(15-3)10(16-4)8(5-11)14-2/h5,7-10,12H,6H2,1-4H3/t7-,8+,9-,10-/m1/s1/i1D,2D,3D,4D. The van der Waals surface area contributed by atoms with Crippen LogP contribution in [0.1, 0.15) is 5.48 Å². The Kier molecular flexibility index (Phi) is 5.10. The summed E-state index contributed by atoms with van der Waals surface area (Å²) < 4.78 is 47.5. The molecule has 0 bridgehead atoms. The van der Waals surface area contributed by atoms with Crippen LogP contribution < -0.4 is 0 Å². The van der Waals surface area contributed by atoms with Gasteiger partial charge in [-0.15, -0.1) is 0 Å². The van der Waals surface area contributed by atoms with Crippen molar-refractivity contribution in [2.75, 3.05) is 35.0 Å². The molecule has 1 N–H and O–H groups in total. The summed E-state index contributed by atoms with van der Waals surface area (Å²) in [6.07, 6.45) is -4.39. The SMILES string of the molecule is [2H]COC[C@@H](O)[C@@H](OC[2H])[C@H](OC[2H])[C@H](C=O)OC[2H]. The van der Waals surface area contributed by atoms with E-state index in [1.165, 1.54) is 0 Å². The molecule has 0 spiro atoms. The Hall–Kier alpha value is -0.530. The molecule has 0 aliphatic heterocycles. The topological polar surface area (TPSA) is 74.2 Å². The Morgan fingerprint density at radius 1 is 1.19 bits per heavy atom. The molecule has 0 aromatic carbocycles. The second-order valence-electron chi connectivity index (χ2n) is 2.97. The summed E-state index contributed by atoms with van der Waals surface area (Å²) in [6.45, 7) is -0.252. The zero-order valence-corrected chi connectivity index (χ0v) is 8.91. The fourth-order valence-corrected chi connectivity index (χ4v) is 1.23. The molecule has 0 heterocycles. The van der Waals surface area contributed by atoms with Crippen molar-refractivity contribution in [2.24, 2.45) is 0 Å². The summed E-state index contributed by atoms with van der Waals surface area (Å²) in [4.78, 5) is 11.0. The number of ether oxygens (including phenoxy) is 4. The van der Waals surface area contributed by atoms with E-state index < -0.39 is 45.7 Å². The number of aldehydes is 1. The number of methoxy groups -OCH3 is 4. The maximum absolute atomic E-state index is 11.0. The van der Waals surface area contributed by atoms with Gasteiger partial charge >= 0.3 is 0 Å². The lowest BCUT2D eigenvalue weighted by molar-refractivity contribution is -0.156. The molecule has 0 saturated heterocycles. The van der Waals surface area contributed by atoms with Crippen LogP contribution in [0.4, 0.5) is 0 Å². The van der Waals surface area contributed by atoms with Crippen LogP contribution in [-0.2, 0) is 23.7 Å². The minimum absolute atomic E-state index is 0.252. The summed E-state index contributed by atoms with van der Waals surface area (Å²) >= 11 is 0. The van der Waals surface area contributed by atoms with Crippen LogP contribution in [0.3, 0.4) is 0 Å². The highest BCUT2D eigenvalue weighted by Gasteiger charge is 2.34. The van der Waals surface area contributed by atoms with Crippen molar-refractivity contribution in [2.45, 2.75) is 24.4 Å². The first kappa shape index (κ1) is 9.49. The van der Waals surface area contributed by atoms with Crippen molar-refractivity contribution in [3.05, 3.63) is 0 Å². The summed E-state index contributed by atoms with van der Waals surface area (Å²) in [7, 11) is -1.89. The molecule has 16 heavy (non-hydrogen) atoms. The monoisotopic (exact) mass is 240 g/mol. The predicted octanol–water partition coefficient (Wildman–Crippen LogP) is -0.762. The smallest absolute Gasteiger partial charge is 0.151 e. The van der Waals surface area contributed by atoms with Crippen LogP contribution in [0.5, 0.6) is 0 Å². The summed E-state index contributed by atoms with van der Waals surface area (Å²) in [5.41, 5.74) is 0. The fourth-order valence-electron chi connectivity index (χ4n) is 1.23. The molecule has 0 amide bonds. The van der Waals surface area contributed by atoms with E-state index in [0.29, 0.717) is 6.29 Å². The number of aliphatic hydroxyl groups is 1. The quantitative estimate of drug-likeness (QED) is 0.534. The lowest BCUT2D eigenvalue weighted by Gasteiger charge is -2.31. The van der Waals surface area contributed by atoms with Crippen molar-refractivity contribution in [1.29, 1.82) is 0 Å². The molecule has 0 fully saturated rings. The van der Waals surface area contributed by atoms with Gasteiger partial charge in [-0.1, -0.05) is 0 Å². The predicted molar refractivity (Wildman–Crippen MR) is 56.3 cm³/mol. The molecule has 0 aliphatic carbocycles. The lowest BCUT2D eigenvalue weighted by Crippen LogP contribution is -2.49. The number of hydrogen-bond acceptors (Lipinski definition) is 6. The molecule has 4 atom stereocenters. The third kappa shape index (κ3) is 4.15. The van der Waals surface area contributed by atoms with Crippen LogP contribution >= 0.6 is 0 Å². The molecule has 0 rings (SSSR count). The Morgan fingerprint density at radius 3 is 2.44 bits per heavy atom. The van der Waals surface area contributed by atoms with Gasteiger partial charge in [-0.05, 0) is 0 Å². The highest BCUT2D eigenvalue weighted by molar-refractivity contribution is 5.57. The van der Waals surface area contributed by atoms with Crippen LogP contribution in [-0.4, -0.2) is 70.8 Å². The number of carbonyl (C=O) groups is 1. The fraction of sp³-hybridized carbons (Fsp3) is 0.900. The first-order valence-corrected chi connectivity index (χ1v) is 4.39. The minimum atomic E-state index is -1.26. The summed E-state index contributed by atoms with van der Waals surface area (Å²) in [6, 6.07) is 0. The van der Waals surface area contributed by atoms with Gasteiger partial charge in [-0.25, -0.2) is 0 Å². The van der Waals surface area contributed by atoms with Crippen LogP contribution in [0.15, 0.2) is 0 Å². The van der Waals surface area contributed by atoms with Gasteiger partial charge in [-0.2, -0.15) is 0 Å². The molecule has 6 heteroatoms. The molecular weight excluding hydrogens is 216 g/mol. The molecule has 6 nitrogen and oxygen atoms in total. The Bertz CT molecular complexity index is 248. The molecule has 96 valence electrons. The van der Waals surface area contributed by atoms with Crippen molar-refractivity contribution < 1.29 is 34.3 Å². The lowest BCUT2D eigenvalue weighted by atomic mass is 10.0. The maximum Gasteiger partial charge on any atom is 0.151 e. The van der Waals surface area contributed by atoms with Crippen molar-refractivity contribution in [3.8, 4) is 0 Å². The van der Waals surface area contributed by atoms with Crippen molar-refractivity contribution in [3.63, 3.8) is 0 Å². The van der Waals surface area contributed by atoms with Gasteiger partial charge in [0.05, 0.1) is 12.1 Å². The van der Waals surface area contributed by atoms with E-state index in [2.05, 4.69) is 0 Å². The van der Waals surface area contributed by atoms with Gasteiger partial charge in [0.1, 0.15) is 24.4 Å². The third-order valence-electron chi connectivity index (χ3n) is 2.03. The van der Waals surface area contributed by atoms with E-state index in [4.69, 9.17) is 24.4 Å². The highest BCUT2D eigenvalue weighted by Crippen LogP contribution is 2.13. The first-order valence-electron chi connectivity index (χ1n) is 7.21. The van der Waals surface area contributed by atoms with Gasteiger partial charge in [-0.3, -0.25) is 0 Å². The third-order valence-corrected chi connectivity index (χ3v) is 2.03. The molecule has 0 aliphatic rings. The molecule has 0 unspecified atom stereocenters. The van der Waals surface area contributed by atoms with Crippen LogP contribution in [0.25, 0.3) is 0 Å². The van der Waals surface area contributed by atoms with E-state index in [-0.39, 0.29) is 13.7 Å². The largest absolute Gasteiger partial charge is 0.388 e. The zero-order chi connectivity index (χ0) is 15.4. The van der Waals surface area contributed by atoms with E-state index in [9.17, 15) is 9.90 Å². The van der Waals surface area contributed by atoms with E-state index in [1.54, 1.807) is 0 Å². The molecular formula is C10H20O6. The van der Waals surface area contributed by atoms with Crippen molar-refractivity contribution >= 4 is 6.29 Å². The summed E-state index contributed by atoms with van der Waals surface area (Å²) in [5, 5.41) is 9.90. The van der Waals surface area contributed by atoms with Gasteiger partial charge in [0.2, 0.25) is 0 Å². The van der Waals surface area contributed by atoms with E-state index in [0.717, 1.165) is 0 Å². The Morgan fingerprint density at radius 2 is 1.88 bits per heavy atom. The van der Waals surface area contributed by atoms with E-state index in [1.807, 2.05) is 0 Å². The normalized spacial score (nSPS) is 22.1. The Labute approximate surface area is 101 Å². The van der Waals surface area contributed by atoms with Gasteiger partial charge < -0.3 is 28.8 Å². The highest BCUT2D eigenvalue weighted by atomic mass is 16.6. The minimum Gasteiger partial charge on any atom is -0.388 e. The average molecular weight is 240 g/mol. The van der Waals surface area contributed by atoms with E-state index >= 15 is 0 Å². The average Bonchev–Trinajstić information content (AvgIpc) is 2.46. The number of rotatable bonds is 9. The van der Waals surface area contributed by atoms with Crippen molar-refractivity contribution in [1.82, 2.24) is 0 Å². The van der Waals surface area contributed by atoms with Gasteiger partial charge in [0.15, 0.2) is 6.29 Å². The van der Waals surface area contributed by atoms with Gasteiger partial charge in [0, 0.05) is 28.3 Å². The molecule has 0 saturated carbocycles. The number of hydrogen-bond donors (Lipinski definition) is 1. The molecule has 0 aromatic rings. The second-order valence-corrected chi connectivity index (χ2v) is 2.97. The van der Waals surface area contributed by atoms with Crippen LogP contribution in [0.2, 0.25) is 0 Å².